The number of nitrogens with two attached hydrogens (primary N) is 5. The molecule has 3 atom stereocenters. The molecule has 0 saturated carbocycles. The second kappa shape index (κ2) is 27.9. The Hall–Kier alpha value is -6.74. The monoisotopic (exact) mass is 971 g/mol. The van der Waals surface area contributed by atoms with Gasteiger partial charge in [-0.25, -0.2) is 4.98 Å². The van der Waals surface area contributed by atoms with E-state index in [-0.39, 0.29) is 93.4 Å². The number of carbonyl (C=O) groups is 7. The third-order valence-electron chi connectivity index (χ3n) is 11.4. The van der Waals surface area contributed by atoms with Crippen molar-refractivity contribution >= 4 is 57.4 Å². The van der Waals surface area contributed by atoms with Gasteiger partial charge in [0.25, 0.3) is 23.6 Å². The lowest BCUT2D eigenvalue weighted by Crippen LogP contribution is -2.42. The van der Waals surface area contributed by atoms with Crippen LogP contribution < -0.4 is 58.8 Å². The Labute approximate surface area is 406 Å². The molecule has 0 saturated heterocycles. The molecule has 3 aromatic carbocycles. The maximum atomic E-state index is 14.1. The van der Waals surface area contributed by atoms with Gasteiger partial charge in [-0.2, -0.15) is 0 Å². The van der Waals surface area contributed by atoms with Crippen LogP contribution in [0.4, 0.5) is 5.13 Å². The highest BCUT2D eigenvalue weighted by atomic mass is 32.1. The number of anilines is 1. The minimum atomic E-state index is -0.987. The van der Waals surface area contributed by atoms with Gasteiger partial charge in [0.05, 0.1) is 62.3 Å². The molecule has 0 aliphatic heterocycles. The average molecular weight is 972 g/mol. The number of benzene rings is 3. The summed E-state index contributed by atoms with van der Waals surface area (Å²) in [5, 5.41) is 8.73. The largest absolute Gasteiger partial charge is 0.496 e. The Bertz CT molecular complexity index is 2430. The highest BCUT2D eigenvalue weighted by molar-refractivity contribution is 7.17. The van der Waals surface area contributed by atoms with Gasteiger partial charge in [0, 0.05) is 19.3 Å². The summed E-state index contributed by atoms with van der Waals surface area (Å²) in [4.78, 5) is 98.9. The molecule has 372 valence electrons. The van der Waals surface area contributed by atoms with Crippen LogP contribution in [0.2, 0.25) is 0 Å². The fourth-order valence-electron chi connectivity index (χ4n) is 7.63. The molecule has 1 heterocycles. The summed E-state index contributed by atoms with van der Waals surface area (Å²) in [6.45, 7) is 1.17. The van der Waals surface area contributed by atoms with Gasteiger partial charge in [0.15, 0.2) is 22.5 Å². The second-order valence-electron chi connectivity index (χ2n) is 16.4. The maximum absolute atomic E-state index is 14.1. The van der Waals surface area contributed by atoms with Crippen LogP contribution in [0, 0.1) is 0 Å². The van der Waals surface area contributed by atoms with Gasteiger partial charge in [-0.1, -0.05) is 29.5 Å². The number of carbonyl (C=O) groups excluding carboxylic acids is 7. The van der Waals surface area contributed by atoms with Crippen molar-refractivity contribution in [2.45, 2.75) is 95.2 Å². The number of aromatic nitrogens is 1. The molecule has 20 heteroatoms. The van der Waals surface area contributed by atoms with E-state index in [1.54, 1.807) is 36.4 Å². The predicted octanol–water partition coefficient (Wildman–Crippen LogP) is 2.97. The Kier molecular flexibility index (Phi) is 22.2. The van der Waals surface area contributed by atoms with Crippen molar-refractivity contribution in [3.63, 3.8) is 0 Å². The molecule has 19 nitrogen and oxygen atoms in total. The van der Waals surface area contributed by atoms with Crippen molar-refractivity contribution in [2.75, 3.05) is 46.7 Å². The third-order valence-corrected chi connectivity index (χ3v) is 12.2. The van der Waals surface area contributed by atoms with E-state index in [0.717, 1.165) is 11.3 Å². The van der Waals surface area contributed by atoms with E-state index in [1.165, 1.54) is 45.7 Å². The average Bonchev–Trinajstić information content (AvgIpc) is 3.79. The number of methoxy groups -OCH3 is 3. The first-order valence-corrected chi connectivity index (χ1v) is 23.6. The summed E-state index contributed by atoms with van der Waals surface area (Å²) < 4.78 is 16.3. The SMILES string of the molecule is COc1ccc(CC(=O)[C@H](CCCCN)NC(=O)c2cc(CC(=O)[C@H](CCCCN)NC(=O)c3cc(CC(=O)[C@H](CCCCN)NC(=O)c4cnc(N)s4)ccc3OC)ccc2OC)cc1C(N)=O. The number of rotatable bonds is 31. The van der Waals surface area contributed by atoms with Crippen molar-refractivity contribution in [3.05, 3.63) is 99.1 Å². The van der Waals surface area contributed by atoms with Crippen LogP contribution >= 0.6 is 11.3 Å². The minimum Gasteiger partial charge on any atom is -0.496 e. The molecule has 0 bridgehead atoms. The van der Waals surface area contributed by atoms with Crippen molar-refractivity contribution in [3.8, 4) is 17.2 Å². The number of nitrogen functional groups attached to an aromatic ring is 1. The number of hydrogen-bond donors (Lipinski definition) is 8. The van der Waals surface area contributed by atoms with Crippen LogP contribution in [0.15, 0.2) is 60.8 Å². The molecule has 0 spiro atoms. The van der Waals surface area contributed by atoms with Crippen LogP contribution in [-0.2, 0) is 33.6 Å². The molecule has 4 rings (SSSR count). The molecule has 0 fully saturated rings. The first-order valence-electron chi connectivity index (χ1n) is 22.8. The van der Waals surface area contributed by atoms with E-state index in [4.69, 9.17) is 42.9 Å². The van der Waals surface area contributed by atoms with E-state index in [0.29, 0.717) is 81.3 Å². The Morgan fingerprint density at radius 2 is 0.884 bits per heavy atom. The number of ketones is 3. The van der Waals surface area contributed by atoms with Crippen molar-refractivity contribution < 1.29 is 47.8 Å². The van der Waals surface area contributed by atoms with Gasteiger partial charge in [-0.05, 0) is 131 Å². The molecular weight excluding hydrogens is 907 g/mol. The van der Waals surface area contributed by atoms with E-state index in [1.807, 2.05) is 0 Å². The highest BCUT2D eigenvalue weighted by Gasteiger charge is 2.28. The van der Waals surface area contributed by atoms with E-state index < -0.39 is 41.8 Å². The molecule has 13 N–H and O–H groups in total. The number of unbranched alkanes of at least 4 members (excludes halogenated alkanes) is 3. The molecule has 0 aliphatic carbocycles. The predicted molar refractivity (Wildman–Crippen MR) is 263 cm³/mol. The summed E-state index contributed by atoms with van der Waals surface area (Å²) in [5.74, 6) is -2.74. The zero-order valence-electron chi connectivity index (χ0n) is 39.4. The topological polar surface area (TPSA) is 326 Å². The van der Waals surface area contributed by atoms with Crippen LogP contribution in [0.5, 0.6) is 17.2 Å². The quantitative estimate of drug-likeness (QED) is 0.0336. The number of Topliss-reactive ketones (excluding diaryl/α,β-unsaturated/α-hetero) is 3. The number of nitrogens with zero attached hydrogens (tertiary/aromatic N) is 1. The van der Waals surface area contributed by atoms with Crippen LogP contribution in [-0.4, -0.2) is 105 Å². The van der Waals surface area contributed by atoms with Crippen molar-refractivity contribution in [2.24, 2.45) is 22.9 Å². The smallest absolute Gasteiger partial charge is 0.263 e. The first kappa shape index (κ1) is 54.9. The number of ether oxygens (including phenoxy) is 3. The number of thiazole rings is 1. The van der Waals surface area contributed by atoms with Crippen molar-refractivity contribution in [1.82, 2.24) is 20.9 Å². The molecular formula is C49H65N9O10S. The number of hydrogen-bond acceptors (Lipinski definition) is 16. The summed E-state index contributed by atoms with van der Waals surface area (Å²) >= 11 is 1.00. The molecule has 0 aliphatic rings. The van der Waals surface area contributed by atoms with Crippen LogP contribution in [0.3, 0.4) is 0 Å². The molecule has 69 heavy (non-hydrogen) atoms. The van der Waals surface area contributed by atoms with E-state index in [2.05, 4.69) is 20.9 Å². The minimum absolute atomic E-state index is 0.0779. The lowest BCUT2D eigenvalue weighted by molar-refractivity contribution is -0.121. The molecule has 4 amide bonds. The summed E-state index contributed by atoms with van der Waals surface area (Å²) in [7, 11) is 4.19. The standard InChI is InChI=1S/C49H65N9O10S/c1-66-41-16-13-29(22-32(41)45(53)62)25-38(59)35(10-4-7-19-50)56-46(63)33-23-30(14-17-42(33)67-2)26-39(60)36(11-5-8-20-51)57-47(64)34-24-31(15-18-43(34)68-3)27-40(61)37(12-6-9-21-52)58-48(65)44-28-55-49(54)69-44/h13-18,22-24,28,35-37H,4-12,19-21,25-27,50-52H2,1-3H3,(H2,53,62)(H2,54,55)(H,56,63)(H,57,64)(H,58,65)/t35-,36-,37-/m0/s1. The zero-order valence-corrected chi connectivity index (χ0v) is 40.3. The molecule has 1 aromatic heterocycles. The van der Waals surface area contributed by atoms with Crippen molar-refractivity contribution in [1.29, 1.82) is 0 Å². The number of amides is 4. The summed E-state index contributed by atoms with van der Waals surface area (Å²) in [6.07, 6.45) is 5.28. The normalized spacial score (nSPS) is 12.3. The highest BCUT2D eigenvalue weighted by Crippen LogP contribution is 2.25. The Morgan fingerprint density at radius 3 is 1.20 bits per heavy atom. The number of primary amides is 1. The Balaban J connectivity index is 1.54. The van der Waals surface area contributed by atoms with Gasteiger partial charge in [0.1, 0.15) is 22.1 Å². The van der Waals surface area contributed by atoms with Gasteiger partial charge < -0.3 is 58.8 Å². The van der Waals surface area contributed by atoms with Gasteiger partial charge >= 0.3 is 0 Å². The lowest BCUT2D eigenvalue weighted by atomic mass is 9.95. The van der Waals surface area contributed by atoms with E-state index >= 15 is 0 Å². The maximum Gasteiger partial charge on any atom is 0.263 e. The zero-order chi connectivity index (χ0) is 50.5. The van der Waals surface area contributed by atoms with Crippen LogP contribution in [0.25, 0.3) is 0 Å². The number of nitrogens with one attached hydrogen (secondary N) is 3. The molecule has 4 aromatic rings. The summed E-state index contributed by atoms with van der Waals surface area (Å²) in [5.41, 5.74) is 30.2. The fraction of sp³-hybridized carbons (Fsp3) is 0.429. The van der Waals surface area contributed by atoms with Gasteiger partial charge in [-0.3, -0.25) is 33.6 Å². The summed E-state index contributed by atoms with van der Waals surface area (Å²) in [6, 6.07) is 11.3. The molecule has 0 unspecified atom stereocenters. The Morgan fingerprint density at radius 1 is 0.536 bits per heavy atom. The fourth-order valence-corrected chi connectivity index (χ4v) is 8.22. The van der Waals surface area contributed by atoms with E-state index in [9.17, 15) is 33.6 Å². The van der Waals surface area contributed by atoms with Gasteiger partial charge in [-0.15, -0.1) is 0 Å². The molecule has 0 radical (unpaired) electrons. The first-order chi connectivity index (χ1) is 33.2. The third kappa shape index (κ3) is 16.5. The van der Waals surface area contributed by atoms with Gasteiger partial charge in [0.2, 0.25) is 0 Å². The van der Waals surface area contributed by atoms with Crippen LogP contribution in [0.1, 0.15) is 115 Å². The lowest BCUT2D eigenvalue weighted by Gasteiger charge is -2.21. The second-order valence-corrected chi connectivity index (χ2v) is 17.5.